The molecule has 2 aromatic rings. The first kappa shape index (κ1) is 20.9. The van der Waals surface area contributed by atoms with Crippen LogP contribution in [-0.2, 0) is 4.57 Å². The molecule has 5 heteroatoms. The SMILES string of the molecule is C=P(CC)(CC)Oc1ccc(-c2ccc(OP(=O)(CC)CC)cc2)cc1. The molecular formula is C21H30O3P2. The molecule has 0 saturated carbocycles. The Morgan fingerprint density at radius 2 is 1.08 bits per heavy atom. The van der Waals surface area contributed by atoms with Crippen molar-refractivity contribution >= 4 is 20.8 Å². The standard InChI is InChI=1S/C21H30O3P2/c1-6-25(5,7-2)23-20-14-10-18(11-15-20)19-12-16-21(17-13-19)24-26(22,8-3)9-4/h10-17H,5-9H2,1-4H3. The van der Waals surface area contributed by atoms with Crippen LogP contribution in [0.1, 0.15) is 27.7 Å². The molecule has 0 aliphatic rings. The predicted octanol–water partition coefficient (Wildman–Crippen LogP) is 6.83. The largest absolute Gasteiger partial charge is 0.478 e. The summed E-state index contributed by atoms with van der Waals surface area (Å²) in [6, 6.07) is 15.9. The molecule has 0 atom stereocenters. The molecule has 0 aliphatic carbocycles. The summed E-state index contributed by atoms with van der Waals surface area (Å²) in [6.45, 7) is 8.08. The van der Waals surface area contributed by atoms with Gasteiger partial charge in [-0.3, -0.25) is 4.57 Å². The molecule has 2 aromatic carbocycles. The van der Waals surface area contributed by atoms with Gasteiger partial charge in [-0.15, -0.1) is 0 Å². The monoisotopic (exact) mass is 392 g/mol. The summed E-state index contributed by atoms with van der Waals surface area (Å²) in [4.78, 5) is 0. The molecule has 0 fully saturated rings. The molecule has 0 unspecified atom stereocenters. The zero-order valence-electron chi connectivity index (χ0n) is 16.3. The van der Waals surface area contributed by atoms with Gasteiger partial charge in [0.05, 0.1) is 0 Å². The first-order valence-corrected chi connectivity index (χ1v) is 13.5. The van der Waals surface area contributed by atoms with E-state index in [2.05, 4.69) is 32.3 Å². The van der Waals surface area contributed by atoms with E-state index in [0.717, 1.165) is 29.2 Å². The van der Waals surface area contributed by atoms with Gasteiger partial charge in [-0.05, 0) is 47.7 Å². The van der Waals surface area contributed by atoms with E-state index in [-0.39, 0.29) is 0 Å². The van der Waals surface area contributed by atoms with Gasteiger partial charge in [0.25, 0.3) is 0 Å². The smallest absolute Gasteiger partial charge is 0.247 e. The van der Waals surface area contributed by atoms with Crippen molar-refractivity contribution in [1.82, 2.24) is 0 Å². The third kappa shape index (κ3) is 5.29. The van der Waals surface area contributed by atoms with E-state index in [1.165, 1.54) is 0 Å². The van der Waals surface area contributed by atoms with E-state index in [1.54, 1.807) is 0 Å². The summed E-state index contributed by atoms with van der Waals surface area (Å²) in [5.74, 6) is 1.55. The highest BCUT2D eigenvalue weighted by Gasteiger charge is 2.19. The topological polar surface area (TPSA) is 35.5 Å². The van der Waals surface area contributed by atoms with Crippen LogP contribution in [0.2, 0.25) is 0 Å². The van der Waals surface area contributed by atoms with Crippen LogP contribution in [-0.4, -0.2) is 30.9 Å². The number of benzene rings is 2. The van der Waals surface area contributed by atoms with Gasteiger partial charge in [0.1, 0.15) is 11.5 Å². The van der Waals surface area contributed by atoms with Crippen LogP contribution < -0.4 is 9.05 Å². The van der Waals surface area contributed by atoms with E-state index >= 15 is 0 Å². The lowest BCUT2D eigenvalue weighted by Crippen LogP contribution is -1.98. The van der Waals surface area contributed by atoms with Crippen LogP contribution in [0.5, 0.6) is 11.5 Å². The van der Waals surface area contributed by atoms with Gasteiger partial charge in [-0.25, -0.2) is 0 Å². The van der Waals surface area contributed by atoms with Gasteiger partial charge in [0.15, 0.2) is 0 Å². The second kappa shape index (κ2) is 8.98. The predicted molar refractivity (Wildman–Crippen MR) is 117 cm³/mol. The molecule has 0 radical (unpaired) electrons. The molecule has 0 aliphatic heterocycles. The van der Waals surface area contributed by atoms with Crippen molar-refractivity contribution in [3.8, 4) is 22.6 Å². The fourth-order valence-corrected chi connectivity index (χ4v) is 5.02. The van der Waals surface area contributed by atoms with Crippen LogP contribution in [0, 0.1) is 0 Å². The Morgan fingerprint density at radius 1 is 0.692 bits per heavy atom. The van der Waals surface area contributed by atoms with Crippen LogP contribution in [0.15, 0.2) is 48.5 Å². The fourth-order valence-electron chi connectivity index (χ4n) is 2.54. The van der Waals surface area contributed by atoms with Crippen molar-refractivity contribution in [2.24, 2.45) is 0 Å². The van der Waals surface area contributed by atoms with Gasteiger partial charge in [0, 0.05) is 19.4 Å². The molecule has 0 heterocycles. The maximum Gasteiger partial charge on any atom is 0.247 e. The second-order valence-corrected chi connectivity index (χ2v) is 13.0. The highest BCUT2D eigenvalue weighted by molar-refractivity contribution is 7.69. The van der Waals surface area contributed by atoms with E-state index < -0.39 is 14.5 Å². The molecule has 2 rings (SSSR count). The average Bonchev–Trinajstić information content (AvgIpc) is 2.69. The summed E-state index contributed by atoms with van der Waals surface area (Å²) < 4.78 is 24.3. The lowest BCUT2D eigenvalue weighted by atomic mass is 10.1. The van der Waals surface area contributed by atoms with E-state index in [1.807, 2.05) is 50.2 Å². The Labute approximate surface area is 158 Å². The number of rotatable bonds is 9. The first-order chi connectivity index (χ1) is 12.4. The molecule has 142 valence electrons. The Bertz CT molecular complexity index is 710. The average molecular weight is 392 g/mol. The summed E-state index contributed by atoms with van der Waals surface area (Å²) in [6.07, 6.45) is 7.35. The van der Waals surface area contributed by atoms with E-state index in [9.17, 15) is 4.57 Å². The first-order valence-electron chi connectivity index (χ1n) is 9.26. The Hall–Kier alpha value is -1.43. The highest BCUT2D eigenvalue weighted by atomic mass is 31.2. The minimum absolute atomic E-state index is 0.554. The summed E-state index contributed by atoms with van der Waals surface area (Å²) in [7, 11) is -4.11. The lowest BCUT2D eigenvalue weighted by molar-refractivity contribution is 0.484. The van der Waals surface area contributed by atoms with Crippen LogP contribution >= 0.6 is 14.5 Å². The van der Waals surface area contributed by atoms with Crippen molar-refractivity contribution in [2.75, 3.05) is 24.6 Å². The summed E-state index contributed by atoms with van der Waals surface area (Å²) in [5.41, 5.74) is 2.20. The van der Waals surface area contributed by atoms with Crippen LogP contribution in [0.25, 0.3) is 11.1 Å². The van der Waals surface area contributed by atoms with Crippen molar-refractivity contribution in [2.45, 2.75) is 27.7 Å². The Balaban J connectivity index is 2.12. The van der Waals surface area contributed by atoms with Crippen LogP contribution in [0.3, 0.4) is 0 Å². The Kier molecular flexibility index (Phi) is 7.21. The van der Waals surface area contributed by atoms with Gasteiger partial charge in [-0.1, -0.05) is 58.3 Å². The third-order valence-corrected chi connectivity index (χ3v) is 10.1. The quantitative estimate of drug-likeness (QED) is 0.439. The molecule has 26 heavy (non-hydrogen) atoms. The summed E-state index contributed by atoms with van der Waals surface area (Å²) >= 11 is 0. The number of hydrogen-bond acceptors (Lipinski definition) is 3. The van der Waals surface area contributed by atoms with Crippen molar-refractivity contribution in [1.29, 1.82) is 0 Å². The lowest BCUT2D eigenvalue weighted by Gasteiger charge is -2.22. The van der Waals surface area contributed by atoms with Crippen molar-refractivity contribution in [3.63, 3.8) is 0 Å². The van der Waals surface area contributed by atoms with E-state index in [0.29, 0.717) is 18.1 Å². The minimum atomic E-state index is -2.54. The third-order valence-electron chi connectivity index (χ3n) is 4.73. The molecular weight excluding hydrogens is 362 g/mol. The maximum atomic E-state index is 12.4. The fraction of sp³-hybridized carbons (Fsp3) is 0.381. The molecule has 3 nitrogen and oxygen atoms in total. The normalized spacial score (nSPS) is 12.0. The second-order valence-electron chi connectivity index (χ2n) is 6.37. The molecule has 0 spiro atoms. The zero-order valence-corrected chi connectivity index (χ0v) is 18.1. The van der Waals surface area contributed by atoms with E-state index in [4.69, 9.17) is 9.05 Å². The van der Waals surface area contributed by atoms with Gasteiger partial charge >= 0.3 is 0 Å². The molecule has 0 saturated heterocycles. The molecule has 0 aromatic heterocycles. The van der Waals surface area contributed by atoms with Crippen molar-refractivity contribution in [3.05, 3.63) is 48.5 Å². The summed E-state index contributed by atoms with van der Waals surface area (Å²) in [5, 5.41) is 0. The van der Waals surface area contributed by atoms with Crippen LogP contribution in [0.4, 0.5) is 0 Å². The Morgan fingerprint density at radius 3 is 1.42 bits per heavy atom. The van der Waals surface area contributed by atoms with Gasteiger partial charge < -0.3 is 9.05 Å². The molecule has 0 amide bonds. The highest BCUT2D eigenvalue weighted by Crippen LogP contribution is 2.47. The van der Waals surface area contributed by atoms with Gasteiger partial charge in [0.2, 0.25) is 7.37 Å². The molecule has 0 bridgehead atoms. The number of hydrogen-bond donors (Lipinski definition) is 0. The minimum Gasteiger partial charge on any atom is -0.478 e. The zero-order chi connectivity index (χ0) is 19.2. The molecule has 0 N–H and O–H groups in total. The van der Waals surface area contributed by atoms with Crippen molar-refractivity contribution < 1.29 is 13.6 Å². The van der Waals surface area contributed by atoms with Gasteiger partial charge in [-0.2, -0.15) is 0 Å². The maximum absolute atomic E-state index is 12.4.